The van der Waals surface area contributed by atoms with Crippen LogP contribution in [0.4, 0.5) is 5.82 Å². The molecule has 7 atom stereocenters. The number of phenols is 1. The van der Waals surface area contributed by atoms with E-state index >= 15 is 0 Å². The van der Waals surface area contributed by atoms with E-state index < -0.39 is 84.6 Å². The van der Waals surface area contributed by atoms with Crippen molar-refractivity contribution in [2.45, 2.75) is 70.2 Å². The number of anilines is 1. The van der Waals surface area contributed by atoms with Gasteiger partial charge < -0.3 is 78.9 Å². The molecule has 3 heterocycles. The summed E-state index contributed by atoms with van der Waals surface area (Å²) < 4.78 is 65.6. The number of nitrogens with zero attached hydrogens (tertiary/aromatic N) is 4. The van der Waals surface area contributed by atoms with Crippen LogP contribution in [0, 0.1) is 5.41 Å². The van der Waals surface area contributed by atoms with Crippen molar-refractivity contribution in [1.29, 1.82) is 0 Å². The Morgan fingerprint density at radius 1 is 1.02 bits per heavy atom. The molecule has 2 aromatic heterocycles. The fourth-order valence-corrected chi connectivity index (χ4v) is 8.28. The van der Waals surface area contributed by atoms with Crippen molar-refractivity contribution in [3.05, 3.63) is 36.4 Å². The van der Waals surface area contributed by atoms with E-state index in [0.29, 0.717) is 6.42 Å². The summed E-state index contributed by atoms with van der Waals surface area (Å²) in [5.74, 6) is -1.57. The maximum absolute atomic E-state index is 12.6. The summed E-state index contributed by atoms with van der Waals surface area (Å²) in [4.78, 5) is 96.5. The highest BCUT2D eigenvalue weighted by atomic mass is 31.3. The third-order valence-corrected chi connectivity index (χ3v) is 11.7. The van der Waals surface area contributed by atoms with Gasteiger partial charge in [0.15, 0.2) is 29.2 Å². The number of phosphoric acid groups is 3. The molecule has 2 amide bonds. The highest BCUT2D eigenvalue weighted by Gasteiger charge is 2.47. The second kappa shape index (κ2) is 20.3. The Labute approximate surface area is 340 Å². The summed E-state index contributed by atoms with van der Waals surface area (Å²) in [5, 5.41) is 35.8. The van der Waals surface area contributed by atoms with Crippen molar-refractivity contribution in [2.24, 2.45) is 5.41 Å². The van der Waals surface area contributed by atoms with E-state index in [4.69, 9.17) is 15.2 Å². The highest BCUT2D eigenvalue weighted by Crippen LogP contribution is 2.56. The first-order chi connectivity index (χ1) is 27.9. The predicted molar refractivity (Wildman–Crippen MR) is 193 cm³/mol. The van der Waals surface area contributed by atoms with Crippen molar-refractivity contribution < 1.29 is 90.3 Å². The van der Waals surface area contributed by atoms with E-state index in [9.17, 15) is 63.0 Å². The molecule has 0 saturated carbocycles. The van der Waals surface area contributed by atoms with Gasteiger partial charge in [-0.05, 0) is 24.1 Å². The fourth-order valence-electron chi connectivity index (χ4n) is 5.54. The molecule has 4 rings (SSSR count). The first-order valence-electron chi connectivity index (χ1n) is 17.6. The fraction of sp³-hybridized carbons (Fsp3) is 0.548. The maximum atomic E-state index is 12.6. The number of nitrogens with one attached hydrogen (secondary N) is 2. The van der Waals surface area contributed by atoms with Crippen LogP contribution in [-0.4, -0.2) is 110 Å². The Morgan fingerprint density at radius 3 is 2.38 bits per heavy atom. The van der Waals surface area contributed by atoms with Gasteiger partial charge in [-0.25, -0.2) is 19.3 Å². The molecule has 7 N–H and O–H groups in total. The quantitative estimate of drug-likeness (QED) is 0.0523. The Bertz CT molecular complexity index is 2150. The predicted octanol–water partition coefficient (Wildman–Crippen LogP) is -2.82. The topological polar surface area (TPSA) is 404 Å². The van der Waals surface area contributed by atoms with Gasteiger partial charge >= 0.3 is 0 Å². The Morgan fingerprint density at radius 2 is 1.70 bits per heavy atom. The molecule has 60 heavy (non-hydrogen) atoms. The van der Waals surface area contributed by atoms with Gasteiger partial charge in [-0.15, -0.1) is 0 Å². The summed E-state index contributed by atoms with van der Waals surface area (Å²) in [6.07, 6.45) is -7.14. The van der Waals surface area contributed by atoms with Gasteiger partial charge in [0.1, 0.15) is 42.0 Å². The van der Waals surface area contributed by atoms with Crippen molar-refractivity contribution in [2.75, 3.05) is 39.1 Å². The number of phosphoric ester groups is 3. The number of Topliss-reactive ketones (excluding diaryl/α,β-unsaturated/α-hetero) is 1. The number of ketones is 1. The number of hydrogen-bond donors (Lipinski definition) is 6. The Kier molecular flexibility index (Phi) is 16.4. The van der Waals surface area contributed by atoms with Crippen LogP contribution in [0.25, 0.3) is 11.2 Å². The van der Waals surface area contributed by atoms with Gasteiger partial charge in [-0.1, -0.05) is 19.9 Å². The number of amides is 2. The van der Waals surface area contributed by atoms with Crippen LogP contribution in [-0.2, 0) is 57.1 Å². The lowest BCUT2D eigenvalue weighted by molar-refractivity contribution is -0.347. The van der Waals surface area contributed by atoms with E-state index in [1.807, 2.05) is 0 Å². The number of fused-ring (bicyclic) bond motifs is 1. The number of aromatic nitrogens is 4. The lowest BCUT2D eigenvalue weighted by Gasteiger charge is -2.36. The molecule has 0 radical (unpaired) electrons. The summed E-state index contributed by atoms with van der Waals surface area (Å²) in [5.41, 5.74) is 4.79. The number of nitrogen functional groups attached to an aromatic ring is 1. The van der Waals surface area contributed by atoms with E-state index in [1.54, 1.807) is 12.1 Å². The van der Waals surface area contributed by atoms with E-state index in [0.717, 1.165) is 22.8 Å². The number of phenolic OH excluding ortho intramolecular Hbond substituents is 1. The third-order valence-electron chi connectivity index (χ3n) is 8.72. The summed E-state index contributed by atoms with van der Waals surface area (Å²) in [6.45, 7) is -0.192. The molecule has 1 fully saturated rings. The first kappa shape index (κ1) is 48.7. The zero-order chi connectivity index (χ0) is 44.6. The summed E-state index contributed by atoms with van der Waals surface area (Å²) in [6, 6.07) is 4.71. The minimum atomic E-state index is -5.93. The minimum Gasteiger partial charge on any atom is -0.790 e. The number of imidazole rings is 1. The zero-order valence-electron chi connectivity index (χ0n) is 32.0. The number of benzene rings is 1. The molecule has 7 unspecified atom stereocenters. The van der Waals surface area contributed by atoms with Crippen LogP contribution >= 0.6 is 23.5 Å². The zero-order valence-corrected chi connectivity index (χ0v) is 34.7. The van der Waals surface area contributed by atoms with Crippen LogP contribution < -0.4 is 40.7 Å². The molecule has 1 aliphatic heterocycles. The van der Waals surface area contributed by atoms with Crippen molar-refractivity contribution in [1.82, 2.24) is 30.2 Å². The number of aromatic hydroxyl groups is 1. The Balaban J connectivity index is 1.20. The minimum absolute atomic E-state index is 0.0193. The molecule has 29 heteroatoms. The number of rotatable bonds is 23. The van der Waals surface area contributed by atoms with E-state index in [2.05, 4.69) is 43.5 Å². The van der Waals surface area contributed by atoms with Crippen molar-refractivity contribution in [3.8, 4) is 11.5 Å². The molecule has 0 spiro atoms. The Hall–Kier alpha value is -3.97. The number of aliphatic hydroxyl groups is 2. The van der Waals surface area contributed by atoms with Crippen LogP contribution in [0.3, 0.4) is 0 Å². The largest absolute Gasteiger partial charge is 0.790 e. The summed E-state index contributed by atoms with van der Waals surface area (Å²) >= 11 is 0. The van der Waals surface area contributed by atoms with E-state index in [-0.39, 0.29) is 66.6 Å². The van der Waals surface area contributed by atoms with Crippen molar-refractivity contribution in [3.63, 3.8) is 0 Å². The molecule has 1 aliphatic rings. The van der Waals surface area contributed by atoms with E-state index in [1.165, 1.54) is 27.0 Å². The number of carbonyl (C=O) groups is 3. The number of methoxy groups -OCH3 is 1. The average Bonchev–Trinajstić information content (AvgIpc) is 3.72. The smallest absolute Gasteiger partial charge is 0.274 e. The van der Waals surface area contributed by atoms with Gasteiger partial charge in [-0.2, -0.15) is 0 Å². The van der Waals surface area contributed by atoms with Crippen molar-refractivity contribution >= 4 is 58.0 Å². The van der Waals surface area contributed by atoms with Gasteiger partial charge in [0.2, 0.25) is 11.8 Å². The number of aliphatic hydroxyl groups excluding tert-OH is 2. The lowest BCUT2D eigenvalue weighted by atomic mass is 9.87. The highest BCUT2D eigenvalue weighted by molar-refractivity contribution is 7.59. The van der Waals surface area contributed by atoms with Crippen LogP contribution in [0.2, 0.25) is 0 Å². The number of ether oxygens (including phenoxy) is 2. The molecule has 3 aromatic rings. The molecule has 26 nitrogen and oxygen atoms in total. The normalized spacial score (nSPS) is 20.9. The number of nitrogens with two attached hydrogens (primary N) is 1. The van der Waals surface area contributed by atoms with Gasteiger partial charge in [0.05, 0.1) is 34.5 Å². The molecular formula is C31H42N7O19P3-4. The monoisotopic (exact) mass is 909 g/mol. The number of carbonyl (C=O) groups excluding carboxylic acids is 3. The maximum Gasteiger partial charge on any atom is 0.274 e. The first-order valence-corrected chi connectivity index (χ1v) is 22.0. The molecule has 0 bridgehead atoms. The molecule has 1 aromatic carbocycles. The molecule has 0 aliphatic carbocycles. The number of aryl methyl sites for hydroxylation is 1. The average molecular weight is 910 g/mol. The SMILES string of the molecule is COc1cc(CCC(=O)CCNC(=O)CCNC(=O)C(O)C(C)(C)COP(=O)([O-])OP(=O)([O-])OCC2OC(n3cnc4c(N)ncnc43)C(O)C2OP(=O)([O-])[O-])ccc1O. The second-order valence-corrected chi connectivity index (χ2v) is 17.8. The van der Waals surface area contributed by atoms with Crippen LogP contribution in [0.1, 0.15) is 44.9 Å². The molecular weight excluding hydrogens is 867 g/mol. The van der Waals surface area contributed by atoms with Gasteiger partial charge in [0.25, 0.3) is 15.6 Å². The number of hydrogen-bond acceptors (Lipinski definition) is 23. The molecule has 1 saturated heterocycles. The lowest BCUT2D eigenvalue weighted by Crippen LogP contribution is -2.46. The van der Waals surface area contributed by atoms with Crippen LogP contribution in [0.15, 0.2) is 30.9 Å². The van der Waals surface area contributed by atoms with Gasteiger partial charge in [0, 0.05) is 37.8 Å². The summed E-state index contributed by atoms with van der Waals surface area (Å²) in [7, 11) is -16.2. The standard InChI is InChI=1S/C31H46N7O19P3/c1-31(2,26(43)29(44)34-11-9-22(41)33-10-8-18(39)6-4-17-5-7-19(40)20(12-17)52-3)14-54-60(50,51)57-59(48,49)53-13-21-25(56-58(45,46)47)24(42)30(55-21)38-16-37-23-27(32)35-15-36-28(23)38/h5,7,12,15-16,21,24-26,30,40,42-43H,4,6,8-11,13-14H2,1-3H3,(H,33,41)(H,34,44)(H,48,49)(H,50,51)(H2,32,35,36)(H2,45,46,47)/p-4. The van der Waals surface area contributed by atoms with Gasteiger partial charge in [-0.3, -0.25) is 28.1 Å². The third kappa shape index (κ3) is 13.8. The second-order valence-electron chi connectivity index (χ2n) is 13.8. The van der Waals surface area contributed by atoms with Crippen LogP contribution in [0.5, 0.6) is 11.5 Å². The molecule has 334 valence electrons.